The van der Waals surface area contributed by atoms with Crippen LogP contribution in [0.1, 0.15) is 55.5 Å². The normalized spacial score (nSPS) is 16.3. The fourth-order valence-electron chi connectivity index (χ4n) is 4.63. The van der Waals surface area contributed by atoms with Crippen LogP contribution in [0.3, 0.4) is 0 Å². The topological polar surface area (TPSA) is 115 Å². The van der Waals surface area contributed by atoms with E-state index in [4.69, 9.17) is 20.1 Å². The minimum absolute atomic E-state index is 0.0267. The highest BCUT2D eigenvalue weighted by Gasteiger charge is 2.28. The molecular formula is C30H43N3O6. The molecule has 0 bridgehead atoms. The highest BCUT2D eigenvalue weighted by atomic mass is 16.5. The molecule has 2 aromatic carbocycles. The van der Waals surface area contributed by atoms with Gasteiger partial charge in [-0.2, -0.15) is 0 Å². The number of carbonyl (C=O) groups is 2. The quantitative estimate of drug-likeness (QED) is 0.109. The summed E-state index contributed by atoms with van der Waals surface area (Å²) in [5, 5.41) is 11.3. The van der Waals surface area contributed by atoms with Crippen molar-refractivity contribution in [2.24, 2.45) is 5.84 Å². The van der Waals surface area contributed by atoms with Crippen molar-refractivity contribution in [3.63, 3.8) is 0 Å². The molecular weight excluding hydrogens is 498 g/mol. The number of nitrogens with two attached hydrogens (primary N) is 1. The van der Waals surface area contributed by atoms with E-state index in [1.165, 1.54) is 5.01 Å². The first-order valence-corrected chi connectivity index (χ1v) is 13.7. The molecule has 0 aromatic heterocycles. The van der Waals surface area contributed by atoms with E-state index >= 15 is 0 Å². The minimum atomic E-state index is -0.350. The fraction of sp³-hybridized carbons (Fsp3) is 0.533. The number of hydrogen-bond acceptors (Lipinski definition) is 8. The van der Waals surface area contributed by atoms with Crippen molar-refractivity contribution < 1.29 is 28.9 Å². The number of ketones is 1. The van der Waals surface area contributed by atoms with Gasteiger partial charge < -0.3 is 19.3 Å². The van der Waals surface area contributed by atoms with E-state index in [2.05, 4.69) is 4.90 Å². The first-order valence-electron chi connectivity index (χ1n) is 13.7. The van der Waals surface area contributed by atoms with Gasteiger partial charge in [-0.15, -0.1) is 0 Å². The van der Waals surface area contributed by atoms with Crippen LogP contribution in [0, 0.1) is 0 Å². The van der Waals surface area contributed by atoms with Crippen LogP contribution in [0.15, 0.2) is 48.5 Å². The Kier molecular flexibility index (Phi) is 12.2. The third kappa shape index (κ3) is 10.3. The molecule has 0 aliphatic carbocycles. The predicted molar refractivity (Wildman–Crippen MR) is 150 cm³/mol. The van der Waals surface area contributed by atoms with Crippen LogP contribution in [-0.4, -0.2) is 84.9 Å². The van der Waals surface area contributed by atoms with E-state index in [1.807, 2.05) is 38.1 Å². The second kappa shape index (κ2) is 15.6. The van der Waals surface area contributed by atoms with Gasteiger partial charge in [0.1, 0.15) is 18.1 Å². The summed E-state index contributed by atoms with van der Waals surface area (Å²) in [4.78, 5) is 27.8. The Morgan fingerprint density at radius 3 is 2.36 bits per heavy atom. The summed E-state index contributed by atoms with van der Waals surface area (Å²) in [6, 6.07) is 14.6. The van der Waals surface area contributed by atoms with Gasteiger partial charge in [0.05, 0.1) is 24.9 Å². The number of carbonyl (C=O) groups excluding carboxylic acids is 2. The van der Waals surface area contributed by atoms with Crippen LogP contribution in [0.2, 0.25) is 0 Å². The van der Waals surface area contributed by atoms with E-state index in [0.29, 0.717) is 50.5 Å². The highest BCUT2D eigenvalue weighted by Crippen LogP contribution is 2.19. The maximum absolute atomic E-state index is 13.1. The molecule has 3 rings (SSSR count). The number of ether oxygens (including phenoxy) is 3. The number of aliphatic hydroxyl groups is 1. The van der Waals surface area contributed by atoms with Crippen molar-refractivity contribution >= 4 is 11.7 Å². The summed E-state index contributed by atoms with van der Waals surface area (Å²) in [6.07, 6.45) is 1.88. The maximum atomic E-state index is 13.1. The van der Waals surface area contributed by atoms with Crippen molar-refractivity contribution in [2.75, 3.05) is 40.0 Å². The molecule has 1 heterocycles. The average molecular weight is 542 g/mol. The Hall–Kier alpha value is -2.98. The first-order chi connectivity index (χ1) is 18.7. The van der Waals surface area contributed by atoms with Gasteiger partial charge in [0.25, 0.3) is 0 Å². The zero-order valence-electron chi connectivity index (χ0n) is 23.4. The molecule has 0 unspecified atom stereocenters. The van der Waals surface area contributed by atoms with Gasteiger partial charge in [0.2, 0.25) is 5.91 Å². The van der Waals surface area contributed by atoms with Gasteiger partial charge >= 0.3 is 0 Å². The monoisotopic (exact) mass is 541 g/mol. The Morgan fingerprint density at radius 2 is 1.74 bits per heavy atom. The van der Waals surface area contributed by atoms with E-state index in [9.17, 15) is 14.7 Å². The van der Waals surface area contributed by atoms with Crippen LogP contribution in [0.5, 0.6) is 11.5 Å². The minimum Gasteiger partial charge on any atom is -0.491 e. The molecule has 2 aromatic rings. The van der Waals surface area contributed by atoms with Crippen molar-refractivity contribution in [1.29, 1.82) is 0 Å². The van der Waals surface area contributed by atoms with Gasteiger partial charge in [-0.3, -0.25) is 19.5 Å². The summed E-state index contributed by atoms with van der Waals surface area (Å²) in [5.41, 5.74) is 1.63. The molecule has 0 spiro atoms. The number of benzene rings is 2. The second-order valence-corrected chi connectivity index (χ2v) is 10.3. The van der Waals surface area contributed by atoms with E-state index < -0.39 is 0 Å². The van der Waals surface area contributed by atoms with Crippen molar-refractivity contribution in [3.8, 4) is 11.5 Å². The molecule has 0 radical (unpaired) electrons. The predicted octanol–water partition coefficient (Wildman–Crippen LogP) is 3.23. The summed E-state index contributed by atoms with van der Waals surface area (Å²) in [7, 11) is 1.61. The number of methoxy groups -OCH3 is 1. The number of likely N-dealkylation sites (tertiary alicyclic amines) is 1. The first kappa shape index (κ1) is 30.6. The number of hydrogen-bond donors (Lipinski definition) is 2. The standard InChI is InChI=1S/C30H43N3O6/c1-22(2)39-28-11-7-23(8-12-28)19-25(20-32-16-15-26(34)21-32)33(31)30(36)6-4-5-29(35)24-9-13-27(14-10-24)38-18-17-37-3/h7-14,22,25-26,34H,4-6,15-21,31H2,1-3H3/t25-,26-/m0/s1. The van der Waals surface area contributed by atoms with Crippen molar-refractivity contribution in [1.82, 2.24) is 9.91 Å². The van der Waals surface area contributed by atoms with Crippen LogP contribution in [0.4, 0.5) is 0 Å². The zero-order chi connectivity index (χ0) is 28.2. The SMILES string of the molecule is COCCOc1ccc(C(=O)CCCC(=O)N(N)[C@@H](Cc2ccc(OC(C)C)cc2)CN2CC[C@H](O)C2)cc1. The smallest absolute Gasteiger partial charge is 0.236 e. The number of nitrogens with zero attached hydrogens (tertiary/aromatic N) is 2. The second-order valence-electron chi connectivity index (χ2n) is 10.3. The number of β-amino-alcohol motifs (C(OH)–C–C–N with tert-alkyl or cyclic N) is 1. The number of amides is 1. The fourth-order valence-corrected chi connectivity index (χ4v) is 4.63. The third-order valence-corrected chi connectivity index (χ3v) is 6.69. The van der Waals surface area contributed by atoms with Gasteiger partial charge in [0, 0.05) is 45.1 Å². The molecule has 9 nitrogen and oxygen atoms in total. The number of hydrazine groups is 1. The molecule has 9 heteroatoms. The number of rotatable bonds is 16. The van der Waals surface area contributed by atoms with Gasteiger partial charge in [-0.1, -0.05) is 12.1 Å². The summed E-state index contributed by atoms with van der Waals surface area (Å²) in [6.45, 7) is 6.82. The van der Waals surface area contributed by atoms with E-state index in [0.717, 1.165) is 24.3 Å². The van der Waals surface area contributed by atoms with Crippen LogP contribution >= 0.6 is 0 Å². The lowest BCUT2D eigenvalue weighted by molar-refractivity contribution is -0.134. The molecule has 39 heavy (non-hydrogen) atoms. The van der Waals surface area contributed by atoms with Crippen molar-refractivity contribution in [3.05, 3.63) is 59.7 Å². The lowest BCUT2D eigenvalue weighted by Crippen LogP contribution is -2.51. The molecule has 214 valence electrons. The van der Waals surface area contributed by atoms with E-state index in [-0.39, 0.29) is 42.8 Å². The molecule has 1 saturated heterocycles. The zero-order valence-corrected chi connectivity index (χ0v) is 23.4. The third-order valence-electron chi connectivity index (χ3n) is 6.69. The van der Waals surface area contributed by atoms with Crippen LogP contribution < -0.4 is 15.3 Å². The average Bonchev–Trinajstić information content (AvgIpc) is 3.33. The van der Waals surface area contributed by atoms with Crippen LogP contribution in [-0.2, 0) is 16.0 Å². The molecule has 1 amide bonds. The van der Waals surface area contributed by atoms with Crippen molar-refractivity contribution in [2.45, 2.75) is 64.2 Å². The molecule has 1 aliphatic heterocycles. The van der Waals surface area contributed by atoms with E-state index in [1.54, 1.807) is 31.4 Å². The largest absolute Gasteiger partial charge is 0.491 e. The highest BCUT2D eigenvalue weighted by molar-refractivity contribution is 5.96. The molecule has 2 atom stereocenters. The Bertz CT molecular complexity index is 1030. The summed E-state index contributed by atoms with van der Waals surface area (Å²) in [5.74, 6) is 7.62. The molecule has 1 aliphatic rings. The summed E-state index contributed by atoms with van der Waals surface area (Å²) < 4.78 is 16.2. The van der Waals surface area contributed by atoms with Crippen LogP contribution in [0.25, 0.3) is 0 Å². The molecule has 3 N–H and O–H groups in total. The molecule has 1 fully saturated rings. The Balaban J connectivity index is 1.54. The number of aliphatic hydroxyl groups excluding tert-OH is 1. The van der Waals surface area contributed by atoms with Gasteiger partial charge in [-0.05, 0) is 75.1 Å². The summed E-state index contributed by atoms with van der Waals surface area (Å²) >= 11 is 0. The Morgan fingerprint density at radius 1 is 1.05 bits per heavy atom. The number of Topliss-reactive ketones (excluding diaryl/α,β-unsaturated/α-hetero) is 1. The molecule has 0 saturated carbocycles. The lowest BCUT2D eigenvalue weighted by atomic mass is 10.0. The van der Waals surface area contributed by atoms with Gasteiger partial charge in [-0.25, -0.2) is 5.84 Å². The Labute approximate surface area is 231 Å². The van der Waals surface area contributed by atoms with Gasteiger partial charge in [0.15, 0.2) is 5.78 Å². The maximum Gasteiger partial charge on any atom is 0.236 e. The lowest BCUT2D eigenvalue weighted by Gasteiger charge is -2.31.